The Labute approximate surface area is 115 Å². The van der Waals surface area contributed by atoms with E-state index in [1.54, 1.807) is 18.2 Å². The van der Waals surface area contributed by atoms with Gasteiger partial charge in [0.05, 0.1) is 4.47 Å². The summed E-state index contributed by atoms with van der Waals surface area (Å²) < 4.78 is 14.1. The Morgan fingerprint density at radius 3 is 2.72 bits per heavy atom. The second kappa shape index (κ2) is 6.85. The molecule has 0 aliphatic heterocycles. The average Bonchev–Trinajstić information content (AvgIpc) is 2.28. The minimum atomic E-state index is -0.904. The predicted molar refractivity (Wildman–Crippen MR) is 71.8 cm³/mol. The SMILES string of the molecule is CC(C)C[C@@H](NCc1cccc(Br)c1F)C(=O)O. The molecular formula is C13H17BrFNO2. The fourth-order valence-electron chi connectivity index (χ4n) is 1.66. The Morgan fingerprint density at radius 2 is 2.17 bits per heavy atom. The zero-order valence-corrected chi connectivity index (χ0v) is 12.0. The smallest absolute Gasteiger partial charge is 0.320 e. The minimum absolute atomic E-state index is 0.203. The van der Waals surface area contributed by atoms with Crippen molar-refractivity contribution in [2.75, 3.05) is 0 Å². The number of halogens is 2. The minimum Gasteiger partial charge on any atom is -0.480 e. The van der Waals surface area contributed by atoms with Gasteiger partial charge >= 0.3 is 5.97 Å². The maximum atomic E-state index is 13.7. The third kappa shape index (κ3) is 4.38. The molecule has 100 valence electrons. The first kappa shape index (κ1) is 15.1. The van der Waals surface area contributed by atoms with Gasteiger partial charge in [-0.1, -0.05) is 26.0 Å². The van der Waals surface area contributed by atoms with Gasteiger partial charge in [0, 0.05) is 12.1 Å². The lowest BCUT2D eigenvalue weighted by Gasteiger charge is -2.16. The molecule has 1 aromatic carbocycles. The molecule has 0 fully saturated rings. The first-order valence-corrected chi connectivity index (χ1v) is 6.60. The van der Waals surface area contributed by atoms with Crippen molar-refractivity contribution in [1.29, 1.82) is 0 Å². The van der Waals surface area contributed by atoms with Crippen LogP contribution in [-0.2, 0) is 11.3 Å². The van der Waals surface area contributed by atoms with Crippen LogP contribution in [0.1, 0.15) is 25.8 Å². The molecule has 0 saturated heterocycles. The summed E-state index contributed by atoms with van der Waals surface area (Å²) in [7, 11) is 0. The molecule has 3 nitrogen and oxygen atoms in total. The second-order valence-electron chi connectivity index (χ2n) is 4.61. The van der Waals surface area contributed by atoms with E-state index in [-0.39, 0.29) is 18.3 Å². The highest BCUT2D eigenvalue weighted by Gasteiger charge is 2.18. The molecule has 0 aliphatic carbocycles. The third-order valence-corrected chi connectivity index (χ3v) is 3.19. The van der Waals surface area contributed by atoms with Crippen LogP contribution in [0.5, 0.6) is 0 Å². The third-order valence-electron chi connectivity index (χ3n) is 2.58. The maximum Gasteiger partial charge on any atom is 0.320 e. The van der Waals surface area contributed by atoms with Crippen LogP contribution in [0.15, 0.2) is 22.7 Å². The van der Waals surface area contributed by atoms with E-state index in [1.165, 1.54) is 0 Å². The summed E-state index contributed by atoms with van der Waals surface area (Å²) in [5.74, 6) is -0.983. The molecule has 0 amide bonds. The Bertz CT molecular complexity index is 423. The van der Waals surface area contributed by atoms with Crippen molar-refractivity contribution in [3.63, 3.8) is 0 Å². The molecule has 1 rings (SSSR count). The van der Waals surface area contributed by atoms with Crippen molar-refractivity contribution in [1.82, 2.24) is 5.32 Å². The summed E-state index contributed by atoms with van der Waals surface area (Å²) >= 11 is 3.10. The highest BCUT2D eigenvalue weighted by atomic mass is 79.9. The molecule has 18 heavy (non-hydrogen) atoms. The Balaban J connectivity index is 2.67. The van der Waals surface area contributed by atoms with E-state index in [2.05, 4.69) is 21.2 Å². The molecule has 0 unspecified atom stereocenters. The quantitative estimate of drug-likeness (QED) is 0.847. The molecule has 0 radical (unpaired) electrons. The fraction of sp³-hybridized carbons (Fsp3) is 0.462. The van der Waals surface area contributed by atoms with Gasteiger partial charge in [0.1, 0.15) is 11.9 Å². The number of hydrogen-bond donors (Lipinski definition) is 2. The zero-order chi connectivity index (χ0) is 13.7. The van der Waals surface area contributed by atoms with Crippen LogP contribution in [0.2, 0.25) is 0 Å². The Morgan fingerprint density at radius 1 is 1.50 bits per heavy atom. The molecule has 1 atom stereocenters. The monoisotopic (exact) mass is 317 g/mol. The Hall–Kier alpha value is -0.940. The molecule has 1 aromatic rings. The van der Waals surface area contributed by atoms with Gasteiger partial charge in [-0.2, -0.15) is 0 Å². The Kier molecular flexibility index (Phi) is 5.75. The number of carboxylic acid groups (broad SMARTS) is 1. The maximum absolute atomic E-state index is 13.7. The highest BCUT2D eigenvalue weighted by Crippen LogP contribution is 2.18. The lowest BCUT2D eigenvalue weighted by atomic mass is 10.0. The average molecular weight is 318 g/mol. The molecule has 0 aliphatic rings. The second-order valence-corrected chi connectivity index (χ2v) is 5.47. The summed E-state index contributed by atoms with van der Waals surface area (Å²) in [6.07, 6.45) is 0.519. The van der Waals surface area contributed by atoms with Crippen LogP contribution >= 0.6 is 15.9 Å². The van der Waals surface area contributed by atoms with Gasteiger partial charge in [-0.25, -0.2) is 4.39 Å². The molecule has 0 saturated carbocycles. The largest absolute Gasteiger partial charge is 0.480 e. The van der Waals surface area contributed by atoms with Crippen molar-refractivity contribution < 1.29 is 14.3 Å². The predicted octanol–water partition coefficient (Wildman–Crippen LogP) is 3.18. The van der Waals surface area contributed by atoms with Crippen LogP contribution in [0.25, 0.3) is 0 Å². The summed E-state index contributed by atoms with van der Waals surface area (Å²) in [5.41, 5.74) is 0.458. The standard InChI is InChI=1S/C13H17BrFNO2/c1-8(2)6-11(13(17)18)16-7-9-4-3-5-10(14)12(9)15/h3-5,8,11,16H,6-7H2,1-2H3,(H,17,18)/t11-/m1/s1. The molecule has 5 heteroatoms. The summed E-state index contributed by atoms with van der Waals surface area (Å²) in [6.45, 7) is 4.11. The van der Waals surface area contributed by atoms with Crippen LogP contribution < -0.4 is 5.32 Å². The van der Waals surface area contributed by atoms with E-state index in [4.69, 9.17) is 5.11 Å². The van der Waals surface area contributed by atoms with Crippen molar-refractivity contribution >= 4 is 21.9 Å². The van der Waals surface area contributed by atoms with Gasteiger partial charge in [-0.05, 0) is 34.3 Å². The molecule has 2 N–H and O–H groups in total. The molecule has 0 bridgehead atoms. The van der Waals surface area contributed by atoms with Gasteiger partial charge in [0.15, 0.2) is 0 Å². The molecular weight excluding hydrogens is 301 g/mol. The number of carbonyl (C=O) groups is 1. The van der Waals surface area contributed by atoms with E-state index in [0.717, 1.165) is 0 Å². The number of aliphatic carboxylic acids is 1. The van der Waals surface area contributed by atoms with Crippen molar-refractivity contribution in [2.45, 2.75) is 32.9 Å². The van der Waals surface area contributed by atoms with E-state index >= 15 is 0 Å². The summed E-state index contributed by atoms with van der Waals surface area (Å²) in [4.78, 5) is 11.0. The normalized spacial score (nSPS) is 12.7. The lowest BCUT2D eigenvalue weighted by Crippen LogP contribution is -2.37. The topological polar surface area (TPSA) is 49.3 Å². The van der Waals surface area contributed by atoms with E-state index in [1.807, 2.05) is 13.8 Å². The fourth-order valence-corrected chi connectivity index (χ4v) is 2.07. The van der Waals surface area contributed by atoms with E-state index < -0.39 is 12.0 Å². The number of carboxylic acids is 1. The zero-order valence-electron chi connectivity index (χ0n) is 10.4. The lowest BCUT2D eigenvalue weighted by molar-refractivity contribution is -0.140. The first-order valence-electron chi connectivity index (χ1n) is 5.81. The van der Waals surface area contributed by atoms with Crippen LogP contribution in [0.3, 0.4) is 0 Å². The number of nitrogens with one attached hydrogen (secondary N) is 1. The van der Waals surface area contributed by atoms with Crippen molar-refractivity contribution in [3.05, 3.63) is 34.1 Å². The molecule has 0 aromatic heterocycles. The van der Waals surface area contributed by atoms with Gasteiger partial charge in [0.25, 0.3) is 0 Å². The van der Waals surface area contributed by atoms with Gasteiger partial charge < -0.3 is 10.4 Å². The van der Waals surface area contributed by atoms with E-state index in [9.17, 15) is 9.18 Å². The van der Waals surface area contributed by atoms with Gasteiger partial charge in [0.2, 0.25) is 0 Å². The van der Waals surface area contributed by atoms with Crippen molar-refractivity contribution in [2.24, 2.45) is 5.92 Å². The number of benzene rings is 1. The van der Waals surface area contributed by atoms with Gasteiger partial charge in [-0.15, -0.1) is 0 Å². The van der Waals surface area contributed by atoms with Crippen LogP contribution in [0, 0.1) is 11.7 Å². The molecule has 0 heterocycles. The van der Waals surface area contributed by atoms with Gasteiger partial charge in [-0.3, -0.25) is 4.79 Å². The number of hydrogen-bond acceptors (Lipinski definition) is 2. The highest BCUT2D eigenvalue weighted by molar-refractivity contribution is 9.10. The van der Waals surface area contributed by atoms with Crippen LogP contribution in [0.4, 0.5) is 4.39 Å². The van der Waals surface area contributed by atoms with E-state index in [0.29, 0.717) is 16.5 Å². The summed E-state index contributed by atoms with van der Waals surface area (Å²) in [6, 6.07) is 4.33. The van der Waals surface area contributed by atoms with Crippen molar-refractivity contribution in [3.8, 4) is 0 Å². The first-order chi connectivity index (χ1) is 8.41. The number of rotatable bonds is 6. The molecule has 0 spiro atoms. The summed E-state index contributed by atoms with van der Waals surface area (Å²) in [5, 5.41) is 11.9. The van der Waals surface area contributed by atoms with Crippen LogP contribution in [-0.4, -0.2) is 17.1 Å².